The highest BCUT2D eigenvalue weighted by atomic mass is 16.5. The highest BCUT2D eigenvalue weighted by Gasteiger charge is 2.25. The highest BCUT2D eigenvalue weighted by Crippen LogP contribution is 2.41. The Morgan fingerprint density at radius 1 is 0.957 bits per heavy atom. The van der Waals surface area contributed by atoms with Gasteiger partial charge in [-0.3, -0.25) is 0 Å². The lowest BCUT2D eigenvalue weighted by molar-refractivity contribution is 0.357. The van der Waals surface area contributed by atoms with E-state index in [1.807, 2.05) is 0 Å². The van der Waals surface area contributed by atoms with Gasteiger partial charge in [-0.25, -0.2) is 0 Å². The van der Waals surface area contributed by atoms with E-state index < -0.39 is 0 Å². The van der Waals surface area contributed by atoms with Gasteiger partial charge in [-0.2, -0.15) is 0 Å². The van der Waals surface area contributed by atoms with Crippen LogP contribution < -0.4 is 4.74 Å². The molecule has 0 radical (unpaired) electrons. The van der Waals surface area contributed by atoms with Crippen molar-refractivity contribution in [2.45, 2.75) is 38.1 Å². The SMILES string of the molecule is c1cc2c(c(-c3cc4ccccc4n3C3CCCC3)c1)CCO2. The second-order valence-corrected chi connectivity index (χ2v) is 6.78. The lowest BCUT2D eigenvalue weighted by atomic mass is 10.0. The number of hydrogen-bond acceptors (Lipinski definition) is 1. The molecule has 2 aromatic carbocycles. The minimum absolute atomic E-state index is 0.642. The van der Waals surface area contributed by atoms with Crippen LogP contribution in [-0.2, 0) is 6.42 Å². The Morgan fingerprint density at radius 2 is 1.83 bits per heavy atom. The Labute approximate surface area is 136 Å². The summed E-state index contributed by atoms with van der Waals surface area (Å²) in [7, 11) is 0. The van der Waals surface area contributed by atoms with Crippen molar-refractivity contribution in [1.82, 2.24) is 4.57 Å². The number of hydrogen-bond donors (Lipinski definition) is 0. The number of benzene rings is 2. The molecule has 2 nitrogen and oxygen atoms in total. The van der Waals surface area contributed by atoms with Crippen molar-refractivity contribution in [2.24, 2.45) is 0 Å². The summed E-state index contributed by atoms with van der Waals surface area (Å²) in [5, 5.41) is 1.35. The standard InChI is InChI=1S/C21H21NO/c1-4-10-19-15(6-1)14-20(22(19)16-7-2-3-8-16)17-9-5-11-21-18(17)12-13-23-21/h1,4-6,9-11,14,16H,2-3,7-8,12-13H2. The van der Waals surface area contributed by atoms with Gasteiger partial charge < -0.3 is 9.30 Å². The topological polar surface area (TPSA) is 14.2 Å². The predicted octanol–water partition coefficient (Wildman–Crippen LogP) is 5.36. The zero-order valence-electron chi connectivity index (χ0n) is 13.3. The fourth-order valence-corrected chi connectivity index (χ4v) is 4.40. The quantitative estimate of drug-likeness (QED) is 0.621. The van der Waals surface area contributed by atoms with E-state index >= 15 is 0 Å². The number of ether oxygens (including phenoxy) is 1. The molecule has 2 aliphatic rings. The van der Waals surface area contributed by atoms with E-state index in [0.29, 0.717) is 6.04 Å². The summed E-state index contributed by atoms with van der Waals surface area (Å²) in [6.07, 6.45) is 6.34. The second kappa shape index (κ2) is 5.16. The van der Waals surface area contributed by atoms with Crippen LogP contribution in [0.1, 0.15) is 37.3 Å². The third-order valence-corrected chi connectivity index (χ3v) is 5.46. The third-order valence-electron chi connectivity index (χ3n) is 5.46. The summed E-state index contributed by atoms with van der Waals surface area (Å²) in [6, 6.07) is 18.3. The van der Waals surface area contributed by atoms with Crippen LogP contribution in [0.4, 0.5) is 0 Å². The summed E-state index contributed by atoms with van der Waals surface area (Å²) in [4.78, 5) is 0. The molecule has 0 N–H and O–H groups in total. The Hall–Kier alpha value is -2.22. The molecule has 2 heteroatoms. The molecule has 0 atom stereocenters. The largest absolute Gasteiger partial charge is 0.493 e. The van der Waals surface area contributed by atoms with Crippen molar-refractivity contribution in [2.75, 3.05) is 6.61 Å². The molecule has 1 fully saturated rings. The van der Waals surface area contributed by atoms with Crippen LogP contribution in [0.2, 0.25) is 0 Å². The van der Waals surface area contributed by atoms with Gasteiger partial charge in [0.15, 0.2) is 0 Å². The van der Waals surface area contributed by atoms with Gasteiger partial charge in [-0.05, 0) is 31.0 Å². The maximum atomic E-state index is 5.79. The first kappa shape index (κ1) is 13.2. The van der Waals surface area contributed by atoms with E-state index in [2.05, 4.69) is 53.1 Å². The smallest absolute Gasteiger partial charge is 0.123 e. The summed E-state index contributed by atoms with van der Waals surface area (Å²) in [5.41, 5.74) is 5.50. The first-order valence-electron chi connectivity index (χ1n) is 8.77. The number of rotatable bonds is 2. The normalized spacial score (nSPS) is 17.6. The second-order valence-electron chi connectivity index (χ2n) is 6.78. The van der Waals surface area contributed by atoms with Crippen LogP contribution in [0.5, 0.6) is 5.75 Å². The van der Waals surface area contributed by atoms with E-state index in [9.17, 15) is 0 Å². The van der Waals surface area contributed by atoms with Gasteiger partial charge in [0.25, 0.3) is 0 Å². The molecule has 2 heterocycles. The predicted molar refractivity (Wildman–Crippen MR) is 94.1 cm³/mol. The van der Waals surface area contributed by atoms with E-state index in [4.69, 9.17) is 4.74 Å². The molecule has 1 aliphatic carbocycles. The molecular weight excluding hydrogens is 282 g/mol. The molecule has 116 valence electrons. The molecule has 0 unspecified atom stereocenters. The van der Waals surface area contributed by atoms with Crippen molar-refractivity contribution in [1.29, 1.82) is 0 Å². The van der Waals surface area contributed by atoms with E-state index in [1.165, 1.54) is 53.4 Å². The summed E-state index contributed by atoms with van der Waals surface area (Å²) >= 11 is 0. The number of fused-ring (bicyclic) bond motifs is 2. The van der Waals surface area contributed by atoms with Crippen LogP contribution in [0.3, 0.4) is 0 Å². The van der Waals surface area contributed by atoms with Gasteiger partial charge in [-0.1, -0.05) is 43.2 Å². The van der Waals surface area contributed by atoms with Gasteiger partial charge in [0.2, 0.25) is 0 Å². The van der Waals surface area contributed by atoms with Crippen LogP contribution in [-0.4, -0.2) is 11.2 Å². The Morgan fingerprint density at radius 3 is 2.74 bits per heavy atom. The molecule has 0 bridgehead atoms. The van der Waals surface area contributed by atoms with Crippen LogP contribution in [0.25, 0.3) is 22.2 Å². The van der Waals surface area contributed by atoms with Crippen LogP contribution in [0.15, 0.2) is 48.5 Å². The average Bonchev–Trinajstić information content (AvgIpc) is 3.32. The number of aromatic nitrogens is 1. The Balaban J connectivity index is 1.78. The highest BCUT2D eigenvalue weighted by molar-refractivity contribution is 5.88. The summed E-state index contributed by atoms with van der Waals surface area (Å²) < 4.78 is 8.40. The molecule has 0 spiro atoms. The molecular formula is C21H21NO. The van der Waals surface area contributed by atoms with E-state index in [-0.39, 0.29) is 0 Å². The van der Waals surface area contributed by atoms with Gasteiger partial charge in [0.1, 0.15) is 5.75 Å². The molecule has 23 heavy (non-hydrogen) atoms. The number of para-hydroxylation sites is 1. The fourth-order valence-electron chi connectivity index (χ4n) is 4.40. The first-order valence-corrected chi connectivity index (χ1v) is 8.77. The average molecular weight is 303 g/mol. The molecule has 3 aromatic rings. The number of nitrogens with zero attached hydrogens (tertiary/aromatic N) is 1. The lowest BCUT2D eigenvalue weighted by Gasteiger charge is -2.19. The zero-order valence-corrected chi connectivity index (χ0v) is 13.3. The van der Waals surface area contributed by atoms with Crippen molar-refractivity contribution >= 4 is 10.9 Å². The van der Waals surface area contributed by atoms with Crippen LogP contribution in [0, 0.1) is 0 Å². The summed E-state index contributed by atoms with van der Waals surface area (Å²) in [5.74, 6) is 1.07. The van der Waals surface area contributed by atoms with Gasteiger partial charge in [0, 0.05) is 40.2 Å². The molecule has 0 saturated heterocycles. The minimum Gasteiger partial charge on any atom is -0.493 e. The van der Waals surface area contributed by atoms with Crippen molar-refractivity contribution in [3.8, 4) is 17.0 Å². The van der Waals surface area contributed by atoms with Crippen molar-refractivity contribution in [3.63, 3.8) is 0 Å². The minimum atomic E-state index is 0.642. The molecule has 1 aromatic heterocycles. The lowest BCUT2D eigenvalue weighted by Crippen LogP contribution is -2.06. The third kappa shape index (κ3) is 2.01. The van der Waals surface area contributed by atoms with Gasteiger partial charge >= 0.3 is 0 Å². The first-order chi connectivity index (χ1) is 11.4. The maximum absolute atomic E-state index is 5.79. The Kier molecular flexibility index (Phi) is 2.97. The molecule has 0 amide bonds. The zero-order chi connectivity index (χ0) is 15.2. The summed E-state index contributed by atoms with van der Waals surface area (Å²) in [6.45, 7) is 0.815. The monoisotopic (exact) mass is 303 g/mol. The molecule has 1 aliphatic heterocycles. The van der Waals surface area contributed by atoms with E-state index in [1.54, 1.807) is 0 Å². The van der Waals surface area contributed by atoms with Crippen molar-refractivity contribution in [3.05, 3.63) is 54.1 Å². The van der Waals surface area contributed by atoms with Crippen LogP contribution >= 0.6 is 0 Å². The molecule has 1 saturated carbocycles. The van der Waals surface area contributed by atoms with E-state index in [0.717, 1.165) is 18.8 Å². The van der Waals surface area contributed by atoms with Crippen molar-refractivity contribution < 1.29 is 4.74 Å². The molecule has 5 rings (SSSR count). The maximum Gasteiger partial charge on any atom is 0.123 e. The van der Waals surface area contributed by atoms with Gasteiger partial charge in [-0.15, -0.1) is 0 Å². The Bertz CT molecular complexity index is 871. The fraction of sp³-hybridized carbons (Fsp3) is 0.333. The van der Waals surface area contributed by atoms with Gasteiger partial charge in [0.05, 0.1) is 6.61 Å².